The van der Waals surface area contributed by atoms with Crippen LogP contribution in [0.15, 0.2) is 48.5 Å². The summed E-state index contributed by atoms with van der Waals surface area (Å²) in [4.78, 5) is 33.7. The van der Waals surface area contributed by atoms with Gasteiger partial charge >= 0.3 is 12.1 Å². The van der Waals surface area contributed by atoms with E-state index in [1.807, 2.05) is 82.0 Å². The molecule has 1 amide bonds. The van der Waals surface area contributed by atoms with Crippen LogP contribution in [0.25, 0.3) is 11.3 Å². The molecule has 246 valence electrons. The number of aryl methyl sites for hydroxylation is 2. The molecular formula is C36H45N3O7. The lowest BCUT2D eigenvalue weighted by molar-refractivity contribution is -0.148. The molecule has 2 aliphatic rings. The van der Waals surface area contributed by atoms with Crippen LogP contribution in [0.2, 0.25) is 0 Å². The van der Waals surface area contributed by atoms with Crippen molar-refractivity contribution in [1.29, 1.82) is 0 Å². The van der Waals surface area contributed by atoms with Crippen molar-refractivity contribution in [1.82, 2.24) is 9.88 Å². The van der Waals surface area contributed by atoms with Crippen LogP contribution in [0.5, 0.6) is 11.5 Å². The number of nitrogens with zero attached hydrogens (tertiary/aromatic N) is 3. The van der Waals surface area contributed by atoms with Gasteiger partial charge in [0.15, 0.2) is 0 Å². The molecule has 0 bridgehead atoms. The first-order valence-electron chi connectivity index (χ1n) is 15.7. The normalized spacial score (nSPS) is 19.7. The predicted octanol–water partition coefficient (Wildman–Crippen LogP) is 6.39. The molecule has 0 radical (unpaired) electrons. The summed E-state index contributed by atoms with van der Waals surface area (Å²) >= 11 is 0. The summed E-state index contributed by atoms with van der Waals surface area (Å²) in [7, 11) is 1.59. The minimum absolute atomic E-state index is 0.288. The molecule has 3 aromatic rings. The number of benzene rings is 2. The second-order valence-electron chi connectivity index (χ2n) is 13.4. The van der Waals surface area contributed by atoms with Gasteiger partial charge < -0.3 is 33.9 Å². The van der Waals surface area contributed by atoms with Crippen LogP contribution in [0.4, 0.5) is 10.6 Å². The second-order valence-corrected chi connectivity index (χ2v) is 13.4. The van der Waals surface area contributed by atoms with Gasteiger partial charge in [0.25, 0.3) is 0 Å². The van der Waals surface area contributed by atoms with E-state index in [4.69, 9.17) is 23.9 Å². The van der Waals surface area contributed by atoms with Gasteiger partial charge in [-0.1, -0.05) is 24.3 Å². The summed E-state index contributed by atoms with van der Waals surface area (Å²) < 4.78 is 23.6. The Kier molecular flexibility index (Phi) is 9.49. The Labute approximate surface area is 271 Å². The third-order valence-corrected chi connectivity index (χ3v) is 8.81. The van der Waals surface area contributed by atoms with E-state index in [9.17, 15) is 14.7 Å². The van der Waals surface area contributed by atoms with E-state index in [-0.39, 0.29) is 18.7 Å². The van der Waals surface area contributed by atoms with Crippen LogP contribution in [-0.4, -0.2) is 72.1 Å². The Morgan fingerprint density at radius 1 is 1.09 bits per heavy atom. The van der Waals surface area contributed by atoms with E-state index in [1.165, 1.54) is 0 Å². The quantitative estimate of drug-likeness (QED) is 0.302. The highest BCUT2D eigenvalue weighted by molar-refractivity contribution is 5.77. The molecule has 10 heteroatoms. The van der Waals surface area contributed by atoms with Crippen LogP contribution in [0.1, 0.15) is 56.4 Å². The van der Waals surface area contributed by atoms with Crippen molar-refractivity contribution in [2.24, 2.45) is 5.41 Å². The number of ether oxygens (including phenoxy) is 4. The van der Waals surface area contributed by atoms with Gasteiger partial charge in [-0.3, -0.25) is 4.79 Å². The van der Waals surface area contributed by atoms with E-state index in [0.717, 1.165) is 45.0 Å². The van der Waals surface area contributed by atoms with Gasteiger partial charge in [0.05, 0.1) is 36.8 Å². The zero-order valence-electron chi connectivity index (χ0n) is 27.9. The predicted molar refractivity (Wildman–Crippen MR) is 175 cm³/mol. The number of anilines is 1. The van der Waals surface area contributed by atoms with Crippen LogP contribution in [0.3, 0.4) is 0 Å². The van der Waals surface area contributed by atoms with Crippen molar-refractivity contribution in [2.45, 2.75) is 72.8 Å². The van der Waals surface area contributed by atoms with Gasteiger partial charge in [-0.05, 0) is 88.9 Å². The highest BCUT2D eigenvalue weighted by Crippen LogP contribution is 2.41. The molecule has 2 aliphatic heterocycles. The van der Waals surface area contributed by atoms with Crippen LogP contribution in [0, 0.1) is 19.3 Å². The number of carbonyl (C=O) groups excluding carboxylic acids is 1. The Balaban J connectivity index is 1.37. The van der Waals surface area contributed by atoms with Crippen molar-refractivity contribution >= 4 is 17.9 Å². The van der Waals surface area contributed by atoms with E-state index in [1.54, 1.807) is 18.9 Å². The van der Waals surface area contributed by atoms with Crippen LogP contribution in [-0.2, 0) is 27.4 Å². The maximum atomic E-state index is 12.8. The number of para-hydroxylation sites is 1. The molecule has 0 unspecified atom stereocenters. The molecule has 1 saturated heterocycles. The van der Waals surface area contributed by atoms with Crippen molar-refractivity contribution in [3.8, 4) is 22.8 Å². The first-order chi connectivity index (χ1) is 21.8. The molecule has 1 N–H and O–H groups in total. The van der Waals surface area contributed by atoms with Gasteiger partial charge in [-0.25, -0.2) is 9.78 Å². The SMILES string of the molecule is COC[C@H]1N(c2cccc(-c3cccc(C)c3OCc3cc(C)c4c(c3)OCCN(C(=O)OC(C)(C)C)C4)n2)CC[C@@]1(C)C(=O)O. The number of aromatic nitrogens is 1. The second kappa shape index (κ2) is 13.2. The number of amides is 1. The monoisotopic (exact) mass is 631 g/mol. The lowest BCUT2D eigenvalue weighted by atomic mass is 9.83. The molecule has 3 heterocycles. The number of aliphatic carboxylic acids is 1. The molecule has 0 spiro atoms. The summed E-state index contributed by atoms with van der Waals surface area (Å²) in [5.41, 5.74) is 3.96. The third-order valence-electron chi connectivity index (χ3n) is 8.81. The first-order valence-corrected chi connectivity index (χ1v) is 15.7. The molecule has 2 atom stereocenters. The smallest absolute Gasteiger partial charge is 0.410 e. The van der Waals surface area contributed by atoms with E-state index in [2.05, 4.69) is 6.07 Å². The van der Waals surface area contributed by atoms with Gasteiger partial charge in [0, 0.05) is 24.8 Å². The van der Waals surface area contributed by atoms with Crippen LogP contribution < -0.4 is 14.4 Å². The first kappa shape index (κ1) is 33.1. The number of carboxylic acid groups (broad SMARTS) is 1. The fourth-order valence-electron chi connectivity index (χ4n) is 6.20. The minimum atomic E-state index is -0.935. The Morgan fingerprint density at radius 3 is 2.57 bits per heavy atom. The van der Waals surface area contributed by atoms with Crippen LogP contribution >= 0.6 is 0 Å². The Bertz CT molecular complexity index is 1600. The topological polar surface area (TPSA) is 111 Å². The molecule has 10 nitrogen and oxygen atoms in total. The van der Waals surface area contributed by atoms with Gasteiger partial charge in [0.2, 0.25) is 0 Å². The maximum Gasteiger partial charge on any atom is 0.410 e. The summed E-state index contributed by atoms with van der Waals surface area (Å²) in [6, 6.07) is 15.5. The number of carbonyl (C=O) groups is 2. The van der Waals surface area contributed by atoms with Gasteiger partial charge in [-0.15, -0.1) is 0 Å². The molecule has 0 aliphatic carbocycles. The Hall–Kier alpha value is -4.31. The van der Waals surface area contributed by atoms with Crippen molar-refractivity contribution in [3.05, 3.63) is 70.8 Å². The minimum Gasteiger partial charge on any atom is -0.491 e. The molecule has 2 aromatic carbocycles. The average molecular weight is 632 g/mol. The fraction of sp³-hybridized carbons (Fsp3) is 0.472. The Morgan fingerprint density at radius 2 is 1.85 bits per heavy atom. The summed E-state index contributed by atoms with van der Waals surface area (Å²) in [5, 5.41) is 10.0. The average Bonchev–Trinajstić information content (AvgIpc) is 3.18. The number of pyridine rings is 1. The van der Waals surface area contributed by atoms with Gasteiger partial charge in [0.1, 0.15) is 36.1 Å². The summed E-state index contributed by atoms with van der Waals surface area (Å²) in [6.07, 6.45) is 0.152. The maximum absolute atomic E-state index is 12.8. The van der Waals surface area contributed by atoms with E-state index in [0.29, 0.717) is 45.1 Å². The molecule has 0 saturated carbocycles. The summed E-state index contributed by atoms with van der Waals surface area (Å²) in [5.74, 6) is 1.34. The molecule has 5 rings (SSSR count). The largest absolute Gasteiger partial charge is 0.491 e. The lowest BCUT2D eigenvalue weighted by Gasteiger charge is -2.32. The number of rotatable bonds is 8. The van der Waals surface area contributed by atoms with Gasteiger partial charge in [-0.2, -0.15) is 0 Å². The van der Waals surface area contributed by atoms with Crippen molar-refractivity contribution < 1.29 is 33.6 Å². The number of carboxylic acids is 1. The number of hydrogen-bond acceptors (Lipinski definition) is 8. The highest BCUT2D eigenvalue weighted by atomic mass is 16.6. The molecule has 46 heavy (non-hydrogen) atoms. The zero-order chi connectivity index (χ0) is 33.2. The number of hydrogen-bond donors (Lipinski definition) is 1. The molecule has 1 fully saturated rings. The lowest BCUT2D eigenvalue weighted by Crippen LogP contribution is -2.46. The number of methoxy groups -OCH3 is 1. The highest BCUT2D eigenvalue weighted by Gasteiger charge is 2.50. The fourth-order valence-corrected chi connectivity index (χ4v) is 6.20. The standard InChI is InChI=1S/C36H45N3O7/c1-23-10-8-11-26(28-12-9-13-31(37-28)39-15-14-36(6,33(40)41)30(39)22-43-7)32(23)45-21-25-18-24(2)27-20-38(16-17-44-29(27)19-25)34(42)46-35(3,4)5/h8-13,18-19,30H,14-17,20-22H2,1-7H3,(H,40,41)/t30-,36-/m1/s1. The number of fused-ring (bicyclic) bond motifs is 1. The molecular weight excluding hydrogens is 586 g/mol. The van der Waals surface area contributed by atoms with Crippen molar-refractivity contribution in [2.75, 3.05) is 38.3 Å². The third kappa shape index (κ3) is 6.92. The zero-order valence-corrected chi connectivity index (χ0v) is 27.9. The van der Waals surface area contributed by atoms with Crippen molar-refractivity contribution in [3.63, 3.8) is 0 Å². The van der Waals surface area contributed by atoms with E-state index >= 15 is 0 Å². The summed E-state index contributed by atoms with van der Waals surface area (Å²) in [6.45, 7) is 13.8. The molecule has 1 aromatic heterocycles. The van der Waals surface area contributed by atoms with E-state index < -0.39 is 17.0 Å².